The third kappa shape index (κ3) is 25.0. The Morgan fingerprint density at radius 2 is 0.742 bits per heavy atom. The maximum atomic E-state index is 13.1. The van der Waals surface area contributed by atoms with Gasteiger partial charge >= 0.3 is 36.0 Å². The van der Waals surface area contributed by atoms with Gasteiger partial charge in [0, 0.05) is 124 Å². The second kappa shape index (κ2) is 45.2. The molecule has 4 unspecified atom stereocenters. The van der Waals surface area contributed by atoms with Crippen molar-refractivity contribution in [2.24, 2.45) is 87.7 Å². The van der Waals surface area contributed by atoms with E-state index in [9.17, 15) is 86.6 Å². The van der Waals surface area contributed by atoms with Crippen LogP contribution in [0.15, 0.2) is 97.1 Å². The average Bonchev–Trinajstić information content (AvgIpc) is 1.62. The molecule has 5 saturated heterocycles. The Morgan fingerprint density at radius 1 is 0.411 bits per heavy atom. The second-order valence-corrected chi connectivity index (χ2v) is 36.8. The van der Waals surface area contributed by atoms with Crippen LogP contribution in [0.5, 0.6) is 0 Å². The number of carbonyl (C=O) groups excluding carboxylic acids is 5. The highest BCUT2D eigenvalue weighted by Crippen LogP contribution is 2.41. The highest BCUT2D eigenvalue weighted by Gasteiger charge is 2.56. The molecule has 0 radical (unpaired) electrons. The molecule has 26 nitrogen and oxygen atoms in total. The molecule has 0 spiro atoms. The molecule has 5 heterocycles. The molecule has 5 amide bonds. The van der Waals surface area contributed by atoms with Gasteiger partial charge in [0.1, 0.15) is 27.7 Å². The Bertz CT molecular complexity index is 4220. The van der Waals surface area contributed by atoms with Crippen LogP contribution in [0.25, 0.3) is 0 Å². The lowest BCUT2D eigenvalue weighted by Crippen LogP contribution is -2.55. The number of amides is 5. The number of carboxylic acids is 5. The van der Waals surface area contributed by atoms with Gasteiger partial charge in [-0.05, 0) is 160 Å². The molecule has 14 atom stereocenters. The number of aliphatic carboxylic acids is 5. The van der Waals surface area contributed by atoms with Crippen molar-refractivity contribution in [3.63, 3.8) is 0 Å². The molecule has 0 aromatic heterocycles. The number of aryl methyl sites for hydroxylation is 2. The second-order valence-electron chi connectivity index (χ2n) is 36.4. The number of likely N-dealkylation sites (tertiary alicyclic amines) is 5. The Hall–Kier alpha value is -8.58. The molecule has 4 aromatic carbocycles. The van der Waals surface area contributed by atoms with Crippen molar-refractivity contribution >= 4 is 71.0 Å². The molecule has 124 heavy (non-hydrogen) atoms. The summed E-state index contributed by atoms with van der Waals surface area (Å²) < 4.78 is 37.9. The summed E-state index contributed by atoms with van der Waals surface area (Å²) in [5, 5.41) is 48.6. The van der Waals surface area contributed by atoms with E-state index in [0.29, 0.717) is 51.0 Å². The molecule has 5 aliphatic heterocycles. The lowest BCUT2D eigenvalue weighted by molar-refractivity contribution is -0.146. The maximum absolute atomic E-state index is 13.1. The number of nitrogens with zero attached hydrogens (tertiary/aromatic N) is 5. The van der Waals surface area contributed by atoms with Crippen molar-refractivity contribution in [3.05, 3.63) is 141 Å². The molecule has 0 bridgehead atoms. The lowest BCUT2D eigenvalue weighted by Gasteiger charge is -2.28. The number of hydrogen-bond acceptors (Lipinski definition) is 16. The molecule has 3 aliphatic carbocycles. The van der Waals surface area contributed by atoms with E-state index in [1.165, 1.54) is 33.7 Å². The third-order valence-electron chi connectivity index (χ3n) is 27.6. The van der Waals surface area contributed by atoms with Crippen molar-refractivity contribution in [1.29, 1.82) is 0 Å². The van der Waals surface area contributed by atoms with E-state index in [4.69, 9.17) is 46.0 Å². The van der Waals surface area contributed by atoms with E-state index in [0.717, 1.165) is 182 Å². The smallest absolute Gasteiger partial charge is 0.416 e. The number of benzene rings is 4. The van der Waals surface area contributed by atoms with E-state index in [2.05, 4.69) is 39.8 Å². The van der Waals surface area contributed by atoms with Gasteiger partial charge in [0.25, 0.3) is 0 Å². The van der Waals surface area contributed by atoms with Crippen LogP contribution in [-0.4, -0.2) is 209 Å². The molecule has 8 aliphatic rings. The number of nitrogens with two attached hydrogens (primary N) is 6. The normalized spacial score (nSPS) is 26.9. The first-order chi connectivity index (χ1) is 58.7. The summed E-state index contributed by atoms with van der Waals surface area (Å²) >= 11 is 6.05. The number of alkyl halides is 3. The van der Waals surface area contributed by atoms with Crippen LogP contribution in [0.4, 0.5) is 13.2 Å². The largest absolute Gasteiger partial charge is 0.480 e. The zero-order valence-corrected chi connectivity index (χ0v) is 74.2. The van der Waals surface area contributed by atoms with Gasteiger partial charge in [0.2, 0.25) is 29.5 Å². The lowest BCUT2D eigenvalue weighted by atomic mass is 9.83. The first-order valence-electron chi connectivity index (χ1n) is 45.0. The predicted octanol–water partition coefficient (Wildman–Crippen LogP) is 11.4. The number of fused-ring (bicyclic) bond motifs is 2. The Labute approximate surface area is 733 Å². The van der Waals surface area contributed by atoms with Crippen LogP contribution < -0.4 is 34.4 Å². The summed E-state index contributed by atoms with van der Waals surface area (Å²) in [4.78, 5) is 131. The minimum Gasteiger partial charge on any atom is -0.480 e. The fraction of sp³-hybridized carbons (Fsp3) is 0.638. The van der Waals surface area contributed by atoms with Crippen LogP contribution in [0.1, 0.15) is 222 Å². The van der Waals surface area contributed by atoms with Crippen molar-refractivity contribution in [2.75, 3.05) is 65.4 Å². The van der Waals surface area contributed by atoms with Gasteiger partial charge in [-0.25, -0.2) is 0 Å². The maximum Gasteiger partial charge on any atom is 0.416 e. The number of carboxylic acid groups (broad SMARTS) is 5. The van der Waals surface area contributed by atoms with E-state index in [-0.39, 0.29) is 123 Å². The summed E-state index contributed by atoms with van der Waals surface area (Å²) in [6.07, 6.45) is 19.0. The average molecular weight is 1750 g/mol. The molecule has 30 heteroatoms. The van der Waals surface area contributed by atoms with E-state index in [1.807, 2.05) is 74.5 Å². The van der Waals surface area contributed by atoms with Crippen LogP contribution in [0, 0.1) is 53.3 Å². The summed E-state index contributed by atoms with van der Waals surface area (Å²) in [5.74, 6) is -6.51. The monoisotopic (exact) mass is 1750 g/mol. The van der Waals surface area contributed by atoms with Crippen molar-refractivity contribution in [3.8, 4) is 0 Å². The topological polar surface area (TPSA) is 444 Å². The minimum atomic E-state index is -4.43. The van der Waals surface area contributed by atoms with Gasteiger partial charge in [-0.1, -0.05) is 203 Å². The number of unbranched alkanes of at least 4 members (excludes halogenated alkanes) is 5. The molecular formula is C94H137ClF3N11O15. The van der Waals surface area contributed by atoms with Gasteiger partial charge in [-0.2, -0.15) is 13.2 Å². The van der Waals surface area contributed by atoms with Crippen molar-refractivity contribution < 1.29 is 86.6 Å². The molecule has 17 N–H and O–H groups in total. The van der Waals surface area contributed by atoms with E-state index >= 15 is 0 Å². The van der Waals surface area contributed by atoms with Gasteiger partial charge in [0.15, 0.2) is 0 Å². The number of carbonyl (C=O) groups is 10. The van der Waals surface area contributed by atoms with Gasteiger partial charge in [-0.15, -0.1) is 0 Å². The number of rotatable bonds is 30. The van der Waals surface area contributed by atoms with Crippen molar-refractivity contribution in [2.45, 2.75) is 261 Å². The highest BCUT2D eigenvalue weighted by molar-refractivity contribution is 6.30. The zero-order valence-electron chi connectivity index (χ0n) is 73.4. The SMILES string of the molecule is CCCC[C@H]1CN(C(=O)C(CC)Cc2ccccc2)C[C@@]1(N)C(=O)O.CCCC[C@H]1CN(C(=O)C(N)Cc2ccc(C(F)(F)F)cc2)C[C@@]1(N)C(=O)O.CCCC[C@H]1CN(C(=O)C2CCCC2)C[C@@]1(N)C(=O)O.CCCC[C@H]1CN(C(=O)C2CCc3cc(Cl)ccc3C2)C[C@@]1(N)C(=O)O.CCCC[C@H]1CN(C(=O)C2CCc3ccccc3C2)C[C@@]1(N)C(=O)O. The van der Waals surface area contributed by atoms with E-state index in [1.54, 1.807) is 19.6 Å². The third-order valence-corrected chi connectivity index (χ3v) is 27.8. The minimum absolute atomic E-state index is 0.0291. The van der Waals surface area contributed by atoms with Gasteiger partial charge in [-0.3, -0.25) is 47.9 Å². The fourth-order valence-corrected chi connectivity index (χ4v) is 19.7. The van der Waals surface area contributed by atoms with Crippen LogP contribution in [0.3, 0.4) is 0 Å². The van der Waals surface area contributed by atoms with Gasteiger partial charge in [0.05, 0.1) is 11.6 Å². The summed E-state index contributed by atoms with van der Waals surface area (Å²) in [5.41, 5.74) is 35.9. The zero-order chi connectivity index (χ0) is 91.2. The number of hydrogen-bond donors (Lipinski definition) is 11. The first kappa shape index (κ1) is 101. The van der Waals surface area contributed by atoms with Crippen LogP contribution >= 0.6 is 11.6 Å². The highest BCUT2D eigenvalue weighted by atomic mass is 35.5. The van der Waals surface area contributed by atoms with E-state index < -0.39 is 81.2 Å². The molecule has 686 valence electrons. The Kier molecular flexibility index (Phi) is 36.8. The van der Waals surface area contributed by atoms with Gasteiger partial charge < -0.3 is 84.4 Å². The molecular weight excluding hydrogens is 1620 g/mol. The fourth-order valence-electron chi connectivity index (χ4n) is 19.5. The number of halogens is 4. The Morgan fingerprint density at radius 3 is 1.11 bits per heavy atom. The summed E-state index contributed by atoms with van der Waals surface area (Å²) in [6.45, 7) is 14.8. The molecule has 6 fully saturated rings. The predicted molar refractivity (Wildman–Crippen MR) is 469 cm³/mol. The standard InChI is InChI=1S/C20H27ClN2O3.C20H28N2O3.C20H30N2O3.C19H26F3N3O3.C15H26N2O3/c1-2-3-4-16-11-23(12-20(16,22)19(25)26)18(24)15-6-5-14-10-17(21)8-7-13(14)9-15;1-2-3-8-17-12-22(13-20(17,21)19(24)25)18(23)16-10-9-14-6-4-5-7-15(14)11-16;1-3-5-11-17-13-22(14-20(17,21)19(24)25)18(23)16(4-2)12-15-9-7-6-8-10-15;1-2-3-4-14-10-25(11-18(14,24)17(27)28)16(26)15(23)9-12-5-7-13(8-6-12)19(20,21)22;1-2-3-8-12-9-17(10-15(12,16)14(19)20)13(18)11-6-4-5-7-11/h7-8,10,15-16H,2-6,9,11-12,22H2,1H3,(H,25,26);4-7,16-17H,2-3,8-13,21H2,1H3,(H,24,25);6-10,16-17H,3-5,11-14,21H2,1-2H3,(H,24,25);5-8,14-15H,2-4,9-11,23-24H2,1H3,(H,27,28);11-12H,2-10,16H2,1H3,(H,19,20)/t15?,16-,20-;2*16?,17-,20-;14-,15?,18-;12-,15-/m00000/s1. The Balaban J connectivity index is 0.000000193. The van der Waals surface area contributed by atoms with Crippen LogP contribution in [0.2, 0.25) is 5.02 Å². The molecule has 1 saturated carbocycles. The van der Waals surface area contributed by atoms with Crippen molar-refractivity contribution in [1.82, 2.24) is 24.5 Å². The quantitative estimate of drug-likeness (QED) is 0.0231. The molecule has 12 rings (SSSR count). The molecule has 4 aromatic rings. The summed E-state index contributed by atoms with van der Waals surface area (Å²) in [6, 6.07) is 27.5. The van der Waals surface area contributed by atoms with Crippen LogP contribution in [-0.2, 0) is 92.6 Å². The summed E-state index contributed by atoms with van der Waals surface area (Å²) in [7, 11) is 0. The first-order valence-corrected chi connectivity index (χ1v) is 45.4.